The minimum absolute atomic E-state index is 0.322. The van der Waals surface area contributed by atoms with Crippen molar-refractivity contribution in [2.24, 2.45) is 0 Å². The van der Waals surface area contributed by atoms with Crippen LogP contribution in [-0.2, 0) is 28.4 Å². The molecule has 1 unspecified atom stereocenters. The molecule has 0 spiro atoms. The van der Waals surface area contributed by atoms with Gasteiger partial charge in [0.15, 0.2) is 6.29 Å². The molecule has 7 nitrogen and oxygen atoms in total. The van der Waals surface area contributed by atoms with E-state index in [1.165, 1.54) is 0 Å². The fourth-order valence-electron chi connectivity index (χ4n) is 1.96. The van der Waals surface area contributed by atoms with Crippen molar-refractivity contribution in [2.75, 3.05) is 72.7 Å². The first-order valence-electron chi connectivity index (χ1n) is 9.08. The number of hydrogen-bond acceptors (Lipinski definition) is 7. The lowest BCUT2D eigenvalue weighted by atomic mass is 10.2. The minimum Gasteiger partial charge on any atom is -0.379 e. The third-order valence-corrected chi connectivity index (χ3v) is 3.28. The summed E-state index contributed by atoms with van der Waals surface area (Å²) in [4.78, 5) is 0. The van der Waals surface area contributed by atoms with Crippen LogP contribution in [0.3, 0.4) is 0 Å². The van der Waals surface area contributed by atoms with Gasteiger partial charge in [-0.3, -0.25) is 0 Å². The number of rotatable bonds is 18. The molecule has 1 atom stereocenters. The summed E-state index contributed by atoms with van der Waals surface area (Å²) < 4.78 is 31.9. The quantitative estimate of drug-likeness (QED) is 0.311. The van der Waals surface area contributed by atoms with Gasteiger partial charge in [-0.25, -0.2) is 0 Å². The summed E-state index contributed by atoms with van der Waals surface area (Å²) in [5.74, 6) is 0. The van der Waals surface area contributed by atoms with Crippen molar-refractivity contribution in [2.45, 2.75) is 13.2 Å². The first-order valence-corrected chi connectivity index (χ1v) is 9.08. The van der Waals surface area contributed by atoms with Gasteiger partial charge in [0.05, 0.1) is 66.1 Å². The van der Waals surface area contributed by atoms with E-state index in [1.54, 1.807) is 0 Å². The van der Waals surface area contributed by atoms with Crippen molar-refractivity contribution >= 4 is 0 Å². The topological polar surface area (TPSA) is 75.6 Å². The van der Waals surface area contributed by atoms with Gasteiger partial charge in [0.1, 0.15) is 0 Å². The predicted octanol–water partition coefficient (Wildman–Crippen LogP) is 1.80. The highest BCUT2D eigenvalue weighted by Crippen LogP contribution is 2.12. The maximum atomic E-state index is 9.80. The molecule has 0 saturated heterocycles. The summed E-state index contributed by atoms with van der Waals surface area (Å²) in [6.45, 7) is 7.74. The SMILES string of the molecule is CCOCCOCCOCCOCCOCCOC(O)c1ccccc1. The normalized spacial score (nSPS) is 12.4. The number of aliphatic hydroxyl groups excluding tert-OH is 1. The zero-order valence-electron chi connectivity index (χ0n) is 15.6. The van der Waals surface area contributed by atoms with E-state index in [1.807, 2.05) is 37.3 Å². The van der Waals surface area contributed by atoms with Crippen LogP contribution in [0.4, 0.5) is 0 Å². The summed E-state index contributed by atoms with van der Waals surface area (Å²) in [6.07, 6.45) is -0.920. The van der Waals surface area contributed by atoms with Crippen molar-refractivity contribution in [3.8, 4) is 0 Å². The molecule has 0 bridgehead atoms. The van der Waals surface area contributed by atoms with Gasteiger partial charge in [-0.05, 0) is 6.92 Å². The maximum Gasteiger partial charge on any atom is 0.181 e. The minimum atomic E-state index is -0.920. The highest BCUT2D eigenvalue weighted by atomic mass is 16.6. The lowest BCUT2D eigenvalue weighted by molar-refractivity contribution is -0.117. The molecule has 1 aromatic rings. The summed E-state index contributed by atoms with van der Waals surface area (Å²) in [5.41, 5.74) is 0.732. The van der Waals surface area contributed by atoms with E-state index >= 15 is 0 Å². The van der Waals surface area contributed by atoms with Crippen LogP contribution in [0, 0.1) is 0 Å². The van der Waals surface area contributed by atoms with Crippen LogP contribution in [-0.4, -0.2) is 77.8 Å². The summed E-state index contributed by atoms with van der Waals surface area (Å²) >= 11 is 0. The Bertz CT molecular complexity index is 402. The van der Waals surface area contributed by atoms with E-state index in [-0.39, 0.29) is 0 Å². The molecule has 1 rings (SSSR count). The standard InChI is InChI=1S/C19H32O7/c1-2-21-8-9-22-10-11-23-12-13-24-14-15-25-16-17-26-19(20)18-6-4-3-5-7-18/h3-7,19-20H,2,8-17H2,1H3. The van der Waals surface area contributed by atoms with Crippen LogP contribution in [0.1, 0.15) is 18.8 Å². The number of aliphatic hydroxyl groups is 1. The largest absolute Gasteiger partial charge is 0.379 e. The Morgan fingerprint density at radius 3 is 1.54 bits per heavy atom. The number of ether oxygens (including phenoxy) is 6. The van der Waals surface area contributed by atoms with E-state index in [0.29, 0.717) is 72.7 Å². The molecule has 0 fully saturated rings. The van der Waals surface area contributed by atoms with Crippen LogP contribution in [0.2, 0.25) is 0 Å². The molecule has 0 aromatic heterocycles. The molecule has 7 heteroatoms. The molecule has 0 radical (unpaired) electrons. The van der Waals surface area contributed by atoms with Crippen LogP contribution in [0.25, 0.3) is 0 Å². The molecule has 0 aliphatic heterocycles. The predicted molar refractivity (Wildman–Crippen MR) is 97.1 cm³/mol. The van der Waals surface area contributed by atoms with Crippen LogP contribution in [0.15, 0.2) is 30.3 Å². The molecular weight excluding hydrogens is 340 g/mol. The second kappa shape index (κ2) is 17.4. The Morgan fingerprint density at radius 1 is 0.654 bits per heavy atom. The Morgan fingerprint density at radius 2 is 1.08 bits per heavy atom. The highest BCUT2D eigenvalue weighted by molar-refractivity contribution is 5.15. The average Bonchev–Trinajstić information content (AvgIpc) is 2.68. The van der Waals surface area contributed by atoms with Gasteiger partial charge >= 0.3 is 0 Å². The molecule has 1 aromatic carbocycles. The van der Waals surface area contributed by atoms with E-state index in [0.717, 1.165) is 5.56 Å². The second-order valence-electron chi connectivity index (χ2n) is 5.28. The molecule has 0 heterocycles. The molecule has 0 aliphatic carbocycles. The van der Waals surface area contributed by atoms with Crippen molar-refractivity contribution in [1.82, 2.24) is 0 Å². The van der Waals surface area contributed by atoms with E-state index in [4.69, 9.17) is 28.4 Å². The van der Waals surface area contributed by atoms with Crippen molar-refractivity contribution in [3.63, 3.8) is 0 Å². The lowest BCUT2D eigenvalue weighted by Gasteiger charge is -2.12. The second-order valence-corrected chi connectivity index (χ2v) is 5.28. The summed E-state index contributed by atoms with van der Waals surface area (Å²) in [7, 11) is 0. The fourth-order valence-corrected chi connectivity index (χ4v) is 1.96. The molecule has 26 heavy (non-hydrogen) atoms. The maximum absolute atomic E-state index is 9.80. The van der Waals surface area contributed by atoms with E-state index < -0.39 is 6.29 Å². The summed E-state index contributed by atoms with van der Waals surface area (Å²) in [5, 5.41) is 9.80. The third-order valence-electron chi connectivity index (χ3n) is 3.28. The summed E-state index contributed by atoms with van der Waals surface area (Å²) in [6, 6.07) is 9.23. The average molecular weight is 372 g/mol. The number of hydrogen-bond donors (Lipinski definition) is 1. The Labute approximate surface area is 156 Å². The van der Waals surface area contributed by atoms with Gasteiger partial charge in [-0.2, -0.15) is 0 Å². The van der Waals surface area contributed by atoms with Crippen molar-refractivity contribution in [1.29, 1.82) is 0 Å². The van der Waals surface area contributed by atoms with Gasteiger partial charge in [-0.15, -0.1) is 0 Å². The highest BCUT2D eigenvalue weighted by Gasteiger charge is 2.05. The molecule has 0 aliphatic rings. The molecular formula is C19H32O7. The van der Waals surface area contributed by atoms with Crippen molar-refractivity contribution in [3.05, 3.63) is 35.9 Å². The lowest BCUT2D eigenvalue weighted by Crippen LogP contribution is -2.14. The van der Waals surface area contributed by atoms with Gasteiger partial charge in [0.2, 0.25) is 0 Å². The first kappa shape index (κ1) is 23.0. The number of benzene rings is 1. The van der Waals surface area contributed by atoms with Crippen LogP contribution < -0.4 is 0 Å². The van der Waals surface area contributed by atoms with Crippen molar-refractivity contribution < 1.29 is 33.5 Å². The zero-order valence-corrected chi connectivity index (χ0v) is 15.6. The molecule has 0 saturated carbocycles. The van der Waals surface area contributed by atoms with Crippen LogP contribution >= 0.6 is 0 Å². The zero-order chi connectivity index (χ0) is 18.7. The van der Waals surface area contributed by atoms with Gasteiger partial charge in [-0.1, -0.05) is 30.3 Å². The Kier molecular flexibility index (Phi) is 15.3. The van der Waals surface area contributed by atoms with Gasteiger partial charge < -0.3 is 33.5 Å². The van der Waals surface area contributed by atoms with E-state index in [9.17, 15) is 5.11 Å². The van der Waals surface area contributed by atoms with Gasteiger partial charge in [0, 0.05) is 12.2 Å². The Hall–Kier alpha value is -1.06. The fraction of sp³-hybridized carbons (Fsp3) is 0.684. The van der Waals surface area contributed by atoms with Crippen LogP contribution in [0.5, 0.6) is 0 Å². The Balaban J connectivity index is 1.76. The molecule has 0 amide bonds. The smallest absolute Gasteiger partial charge is 0.181 e. The van der Waals surface area contributed by atoms with Gasteiger partial charge in [0.25, 0.3) is 0 Å². The first-order chi connectivity index (χ1) is 12.8. The monoisotopic (exact) mass is 372 g/mol. The molecule has 1 N–H and O–H groups in total. The molecule has 150 valence electrons. The van der Waals surface area contributed by atoms with E-state index in [2.05, 4.69) is 0 Å². The third kappa shape index (κ3) is 13.2.